The number of nitrogens with one attached hydrogen (secondary N) is 1. The van der Waals surface area contributed by atoms with Crippen LogP contribution in [0.1, 0.15) is 10.6 Å². The highest BCUT2D eigenvalue weighted by Crippen LogP contribution is 2.22. The van der Waals surface area contributed by atoms with Crippen LogP contribution < -0.4 is 5.73 Å². The van der Waals surface area contributed by atoms with Crippen molar-refractivity contribution in [2.75, 3.05) is 5.73 Å². The smallest absolute Gasteiger partial charge is 0.0977 e. The van der Waals surface area contributed by atoms with E-state index in [4.69, 9.17) is 5.73 Å². The topological polar surface area (TPSA) is 54.7 Å². The van der Waals surface area contributed by atoms with Crippen LogP contribution in [0, 0.1) is 0 Å². The first kappa shape index (κ1) is 11.0. The zero-order chi connectivity index (χ0) is 12.4. The Morgan fingerprint density at radius 3 is 2.94 bits per heavy atom. The quantitative estimate of drug-likeness (QED) is 0.705. The van der Waals surface area contributed by atoms with Crippen LogP contribution in [0.4, 0.5) is 5.69 Å². The predicted molar refractivity (Wildman–Crippen MR) is 75.6 cm³/mol. The van der Waals surface area contributed by atoms with Crippen LogP contribution in [-0.2, 0) is 6.42 Å². The van der Waals surface area contributed by atoms with E-state index in [0.29, 0.717) is 0 Å². The number of hydrogen-bond acceptors (Lipinski definition) is 3. The second-order valence-corrected chi connectivity index (χ2v) is 5.07. The Morgan fingerprint density at radius 1 is 1.22 bits per heavy atom. The Labute approximate surface area is 109 Å². The third-order valence-electron chi connectivity index (χ3n) is 2.73. The van der Waals surface area contributed by atoms with Crippen LogP contribution in [0.3, 0.4) is 0 Å². The summed E-state index contributed by atoms with van der Waals surface area (Å²) in [5, 5.41) is 3.18. The van der Waals surface area contributed by atoms with E-state index in [2.05, 4.69) is 21.4 Å². The summed E-state index contributed by atoms with van der Waals surface area (Å²) >= 11 is 1.68. The summed E-state index contributed by atoms with van der Waals surface area (Å²) in [7, 11) is 0. The highest BCUT2D eigenvalue weighted by Gasteiger charge is 2.05. The fourth-order valence-corrected chi connectivity index (χ4v) is 2.71. The van der Waals surface area contributed by atoms with Crippen LogP contribution in [0.2, 0.25) is 0 Å². The average molecular weight is 255 g/mol. The van der Waals surface area contributed by atoms with Crippen LogP contribution in [0.5, 0.6) is 0 Å². The molecule has 0 spiro atoms. The number of rotatable bonds is 3. The molecule has 0 aliphatic carbocycles. The van der Waals surface area contributed by atoms with E-state index in [1.807, 2.05) is 36.5 Å². The normalized spacial score (nSPS) is 10.7. The number of benzene rings is 1. The van der Waals surface area contributed by atoms with Crippen molar-refractivity contribution in [3.05, 3.63) is 58.5 Å². The van der Waals surface area contributed by atoms with Crippen molar-refractivity contribution in [1.29, 1.82) is 0 Å². The molecule has 0 aliphatic heterocycles. The standard InChI is InChI=1S/C14H13N3S/c15-11-4-1-3-10(7-11)8-14-17-13(9-18-14)12-5-2-6-16-12/h1-7,9,16H,8,15H2. The molecule has 2 heterocycles. The molecule has 0 radical (unpaired) electrons. The molecule has 90 valence electrons. The largest absolute Gasteiger partial charge is 0.399 e. The molecule has 3 nitrogen and oxygen atoms in total. The first-order valence-electron chi connectivity index (χ1n) is 5.74. The summed E-state index contributed by atoms with van der Waals surface area (Å²) in [6, 6.07) is 12.0. The molecule has 18 heavy (non-hydrogen) atoms. The minimum absolute atomic E-state index is 0.800. The van der Waals surface area contributed by atoms with Crippen molar-refractivity contribution in [1.82, 2.24) is 9.97 Å². The molecule has 3 N–H and O–H groups in total. The Morgan fingerprint density at radius 2 is 2.17 bits per heavy atom. The maximum absolute atomic E-state index is 5.77. The zero-order valence-electron chi connectivity index (χ0n) is 9.76. The molecule has 4 heteroatoms. The molecule has 3 rings (SSSR count). The van der Waals surface area contributed by atoms with Gasteiger partial charge in [0.2, 0.25) is 0 Å². The average Bonchev–Trinajstić information content (AvgIpc) is 2.98. The van der Waals surface area contributed by atoms with Gasteiger partial charge in [0.25, 0.3) is 0 Å². The number of aromatic nitrogens is 2. The molecule has 0 aliphatic rings. The highest BCUT2D eigenvalue weighted by atomic mass is 32.1. The van der Waals surface area contributed by atoms with Gasteiger partial charge in [0, 0.05) is 23.7 Å². The van der Waals surface area contributed by atoms with Crippen LogP contribution in [-0.4, -0.2) is 9.97 Å². The summed E-state index contributed by atoms with van der Waals surface area (Å²) in [6.45, 7) is 0. The second kappa shape index (κ2) is 4.66. The van der Waals surface area contributed by atoms with E-state index in [9.17, 15) is 0 Å². The number of nitrogens with zero attached hydrogens (tertiary/aromatic N) is 1. The van der Waals surface area contributed by atoms with E-state index < -0.39 is 0 Å². The summed E-state index contributed by atoms with van der Waals surface area (Å²) in [6.07, 6.45) is 2.74. The predicted octanol–water partition coefficient (Wildman–Crippen LogP) is 3.31. The monoisotopic (exact) mass is 255 g/mol. The Balaban J connectivity index is 1.82. The van der Waals surface area contributed by atoms with Gasteiger partial charge in [-0.2, -0.15) is 0 Å². The number of nitrogens with two attached hydrogens (primary N) is 1. The molecule has 0 unspecified atom stereocenters. The van der Waals surface area contributed by atoms with E-state index in [1.165, 1.54) is 5.56 Å². The van der Waals surface area contributed by atoms with Gasteiger partial charge in [-0.15, -0.1) is 11.3 Å². The van der Waals surface area contributed by atoms with Gasteiger partial charge in [0.05, 0.1) is 16.4 Å². The third-order valence-corrected chi connectivity index (χ3v) is 3.58. The molecule has 1 aromatic carbocycles. The van der Waals surface area contributed by atoms with Gasteiger partial charge in [-0.05, 0) is 29.8 Å². The van der Waals surface area contributed by atoms with Gasteiger partial charge >= 0.3 is 0 Å². The Kier molecular flexibility index (Phi) is 2.86. The summed E-state index contributed by atoms with van der Waals surface area (Å²) in [4.78, 5) is 7.79. The van der Waals surface area contributed by atoms with Gasteiger partial charge in [-0.25, -0.2) is 4.98 Å². The SMILES string of the molecule is Nc1cccc(Cc2nc(-c3ccc[nH]3)cs2)c1. The lowest BCUT2D eigenvalue weighted by Gasteiger charge is -1.99. The highest BCUT2D eigenvalue weighted by molar-refractivity contribution is 7.10. The van der Waals surface area contributed by atoms with Gasteiger partial charge in [0.15, 0.2) is 0 Å². The van der Waals surface area contributed by atoms with Crippen LogP contribution in [0.15, 0.2) is 48.0 Å². The first-order chi connectivity index (χ1) is 8.81. The number of H-pyrrole nitrogens is 1. The molecule has 0 atom stereocenters. The Bertz CT molecular complexity index is 641. The summed E-state index contributed by atoms with van der Waals surface area (Å²) in [5.74, 6) is 0. The van der Waals surface area contributed by atoms with Gasteiger partial charge in [-0.1, -0.05) is 12.1 Å². The zero-order valence-corrected chi connectivity index (χ0v) is 10.6. The van der Waals surface area contributed by atoms with Crippen molar-refractivity contribution in [2.45, 2.75) is 6.42 Å². The van der Waals surface area contributed by atoms with Crippen LogP contribution in [0.25, 0.3) is 11.4 Å². The van der Waals surface area contributed by atoms with Gasteiger partial charge < -0.3 is 10.7 Å². The molecule has 0 bridgehead atoms. The Hall–Kier alpha value is -2.07. The molecule has 0 saturated carbocycles. The van der Waals surface area contributed by atoms with E-state index >= 15 is 0 Å². The number of aromatic amines is 1. The van der Waals surface area contributed by atoms with Crippen molar-refractivity contribution in [3.8, 4) is 11.4 Å². The van der Waals surface area contributed by atoms with E-state index in [1.54, 1.807) is 11.3 Å². The fraction of sp³-hybridized carbons (Fsp3) is 0.0714. The lowest BCUT2D eigenvalue weighted by atomic mass is 10.1. The minimum atomic E-state index is 0.800. The summed E-state index contributed by atoms with van der Waals surface area (Å²) in [5.41, 5.74) is 9.83. The van der Waals surface area contributed by atoms with Crippen molar-refractivity contribution < 1.29 is 0 Å². The maximum Gasteiger partial charge on any atom is 0.0977 e. The van der Waals surface area contributed by atoms with Crippen molar-refractivity contribution >= 4 is 17.0 Å². The van der Waals surface area contributed by atoms with Gasteiger partial charge in [-0.3, -0.25) is 0 Å². The first-order valence-corrected chi connectivity index (χ1v) is 6.62. The van der Waals surface area contributed by atoms with Crippen LogP contribution >= 0.6 is 11.3 Å². The molecule has 2 aromatic heterocycles. The maximum atomic E-state index is 5.77. The molecular weight excluding hydrogens is 242 g/mol. The molecule has 3 aromatic rings. The second-order valence-electron chi connectivity index (χ2n) is 4.13. The molecule has 0 fully saturated rings. The van der Waals surface area contributed by atoms with E-state index in [0.717, 1.165) is 28.5 Å². The van der Waals surface area contributed by atoms with Gasteiger partial charge in [0.1, 0.15) is 0 Å². The van der Waals surface area contributed by atoms with Crippen molar-refractivity contribution in [2.24, 2.45) is 0 Å². The van der Waals surface area contributed by atoms with E-state index in [-0.39, 0.29) is 0 Å². The molecule has 0 saturated heterocycles. The number of hydrogen-bond donors (Lipinski definition) is 2. The van der Waals surface area contributed by atoms with Crippen molar-refractivity contribution in [3.63, 3.8) is 0 Å². The minimum Gasteiger partial charge on any atom is -0.399 e. The third kappa shape index (κ3) is 2.28. The number of anilines is 1. The fourth-order valence-electron chi connectivity index (χ4n) is 1.88. The number of thiazole rings is 1. The lowest BCUT2D eigenvalue weighted by molar-refractivity contribution is 1.14. The summed E-state index contributed by atoms with van der Waals surface area (Å²) < 4.78 is 0. The molecular formula is C14H13N3S. The molecule has 0 amide bonds. The number of nitrogen functional groups attached to an aromatic ring is 1. The lowest BCUT2D eigenvalue weighted by Crippen LogP contribution is -1.90.